The maximum atomic E-state index is 5.55. The molecule has 2 nitrogen and oxygen atoms in total. The Bertz CT molecular complexity index is 132. The molecule has 3 atom stereocenters. The van der Waals surface area contributed by atoms with Gasteiger partial charge in [-0.3, -0.25) is 0 Å². The van der Waals surface area contributed by atoms with Crippen LogP contribution in [0.4, 0.5) is 0 Å². The quantitative estimate of drug-likeness (QED) is 0.610. The molecule has 0 spiro atoms. The summed E-state index contributed by atoms with van der Waals surface area (Å²) in [5.41, 5.74) is 0. The highest BCUT2D eigenvalue weighted by Gasteiger charge is 2.32. The summed E-state index contributed by atoms with van der Waals surface area (Å²) in [5.74, 6) is 1.73. The molecule has 2 fully saturated rings. The molecular weight excluding hydrogens is 138 g/mol. The van der Waals surface area contributed by atoms with Crippen LogP contribution in [0.3, 0.4) is 0 Å². The van der Waals surface area contributed by atoms with Gasteiger partial charge >= 0.3 is 0 Å². The maximum Gasteiger partial charge on any atom is 0.0579 e. The molecule has 64 valence electrons. The third kappa shape index (κ3) is 1.42. The smallest absolute Gasteiger partial charge is 0.0579 e. The number of hydrogen-bond donors (Lipinski definition) is 1. The van der Waals surface area contributed by atoms with Crippen molar-refractivity contribution in [1.29, 1.82) is 0 Å². The predicted molar refractivity (Wildman–Crippen MR) is 44.5 cm³/mol. The number of ether oxygens (including phenoxy) is 1. The molecule has 11 heavy (non-hydrogen) atoms. The van der Waals surface area contributed by atoms with E-state index in [1.165, 1.54) is 25.9 Å². The molecule has 0 aromatic rings. The minimum Gasteiger partial charge on any atom is -0.378 e. The molecule has 0 aromatic heterocycles. The van der Waals surface area contributed by atoms with Crippen LogP contribution in [-0.4, -0.2) is 25.8 Å². The lowest BCUT2D eigenvalue weighted by atomic mass is 9.87. The van der Waals surface area contributed by atoms with Crippen LogP contribution >= 0.6 is 0 Å². The topological polar surface area (TPSA) is 21.3 Å². The van der Waals surface area contributed by atoms with E-state index in [4.69, 9.17) is 4.74 Å². The summed E-state index contributed by atoms with van der Waals surface area (Å²) in [6.07, 6.45) is 3.16. The Morgan fingerprint density at radius 1 is 1.36 bits per heavy atom. The van der Waals surface area contributed by atoms with Gasteiger partial charge in [0.2, 0.25) is 0 Å². The van der Waals surface area contributed by atoms with Crippen LogP contribution in [0.5, 0.6) is 0 Å². The summed E-state index contributed by atoms with van der Waals surface area (Å²) in [4.78, 5) is 0. The summed E-state index contributed by atoms with van der Waals surface area (Å²) >= 11 is 0. The molecule has 2 saturated heterocycles. The van der Waals surface area contributed by atoms with Gasteiger partial charge < -0.3 is 10.1 Å². The van der Waals surface area contributed by atoms with Gasteiger partial charge in [-0.25, -0.2) is 0 Å². The molecule has 0 bridgehead atoms. The van der Waals surface area contributed by atoms with Gasteiger partial charge in [0, 0.05) is 6.61 Å². The lowest BCUT2D eigenvalue weighted by Gasteiger charge is -2.19. The fourth-order valence-electron chi connectivity index (χ4n) is 2.41. The van der Waals surface area contributed by atoms with Gasteiger partial charge in [-0.05, 0) is 44.7 Å². The van der Waals surface area contributed by atoms with E-state index in [1.807, 2.05) is 0 Å². The molecule has 0 aromatic carbocycles. The van der Waals surface area contributed by atoms with Gasteiger partial charge in [-0.15, -0.1) is 0 Å². The first-order chi connectivity index (χ1) is 5.38. The highest BCUT2D eigenvalue weighted by Crippen LogP contribution is 2.31. The van der Waals surface area contributed by atoms with Gasteiger partial charge in [-0.1, -0.05) is 0 Å². The van der Waals surface area contributed by atoms with E-state index in [2.05, 4.69) is 12.2 Å². The normalized spacial score (nSPS) is 45.0. The van der Waals surface area contributed by atoms with Gasteiger partial charge in [0.05, 0.1) is 6.10 Å². The van der Waals surface area contributed by atoms with Crippen molar-refractivity contribution in [2.45, 2.75) is 25.9 Å². The summed E-state index contributed by atoms with van der Waals surface area (Å²) in [6.45, 7) is 5.64. The molecule has 0 amide bonds. The van der Waals surface area contributed by atoms with Gasteiger partial charge in [0.25, 0.3) is 0 Å². The predicted octanol–water partition coefficient (Wildman–Crippen LogP) is 1.02. The molecule has 2 aliphatic heterocycles. The number of nitrogens with one attached hydrogen (secondary N) is 1. The standard InChI is InChI=1S/C9H17NO/c1-7-9(3-5-11-7)8-2-4-10-6-8/h7-10H,2-6H2,1H3. The Morgan fingerprint density at radius 3 is 2.82 bits per heavy atom. The monoisotopic (exact) mass is 155 g/mol. The van der Waals surface area contributed by atoms with Crippen LogP contribution in [0.25, 0.3) is 0 Å². The van der Waals surface area contributed by atoms with Crippen LogP contribution in [0.15, 0.2) is 0 Å². The summed E-state index contributed by atoms with van der Waals surface area (Å²) in [5, 5.41) is 3.41. The van der Waals surface area contributed by atoms with Crippen molar-refractivity contribution in [3.8, 4) is 0 Å². The zero-order valence-electron chi connectivity index (χ0n) is 7.18. The third-order valence-electron chi connectivity index (χ3n) is 3.14. The Morgan fingerprint density at radius 2 is 2.27 bits per heavy atom. The molecule has 0 radical (unpaired) electrons. The molecule has 2 heterocycles. The first kappa shape index (κ1) is 7.56. The van der Waals surface area contributed by atoms with Crippen molar-refractivity contribution in [1.82, 2.24) is 5.32 Å². The molecule has 2 aliphatic rings. The van der Waals surface area contributed by atoms with E-state index in [9.17, 15) is 0 Å². The van der Waals surface area contributed by atoms with Crippen molar-refractivity contribution in [3.63, 3.8) is 0 Å². The maximum absolute atomic E-state index is 5.55. The van der Waals surface area contributed by atoms with Crippen LogP contribution in [0, 0.1) is 11.8 Å². The SMILES string of the molecule is CC1OCCC1C1CCNC1. The molecule has 0 aliphatic carbocycles. The third-order valence-corrected chi connectivity index (χ3v) is 3.14. The largest absolute Gasteiger partial charge is 0.378 e. The summed E-state index contributed by atoms with van der Waals surface area (Å²) in [6, 6.07) is 0. The summed E-state index contributed by atoms with van der Waals surface area (Å²) in [7, 11) is 0. The van der Waals surface area contributed by atoms with E-state index in [1.54, 1.807) is 0 Å². The van der Waals surface area contributed by atoms with Crippen molar-refractivity contribution in [2.75, 3.05) is 19.7 Å². The van der Waals surface area contributed by atoms with Gasteiger partial charge in [0.15, 0.2) is 0 Å². The minimum absolute atomic E-state index is 0.514. The van der Waals surface area contributed by atoms with Gasteiger partial charge in [-0.2, -0.15) is 0 Å². The van der Waals surface area contributed by atoms with E-state index >= 15 is 0 Å². The van der Waals surface area contributed by atoms with Crippen LogP contribution in [0.1, 0.15) is 19.8 Å². The zero-order valence-corrected chi connectivity index (χ0v) is 7.18. The lowest BCUT2D eigenvalue weighted by Crippen LogP contribution is -2.23. The average molecular weight is 155 g/mol. The van der Waals surface area contributed by atoms with Crippen LogP contribution in [-0.2, 0) is 4.74 Å². The first-order valence-electron chi connectivity index (χ1n) is 4.70. The fourth-order valence-corrected chi connectivity index (χ4v) is 2.41. The second kappa shape index (κ2) is 3.11. The Balaban J connectivity index is 1.92. The van der Waals surface area contributed by atoms with Crippen molar-refractivity contribution >= 4 is 0 Å². The minimum atomic E-state index is 0.514. The first-order valence-corrected chi connectivity index (χ1v) is 4.70. The van der Waals surface area contributed by atoms with E-state index in [0.717, 1.165) is 18.4 Å². The zero-order chi connectivity index (χ0) is 7.68. The molecule has 0 saturated carbocycles. The second-order valence-electron chi connectivity index (χ2n) is 3.78. The van der Waals surface area contributed by atoms with Crippen molar-refractivity contribution < 1.29 is 4.74 Å². The van der Waals surface area contributed by atoms with Crippen LogP contribution in [0.2, 0.25) is 0 Å². The average Bonchev–Trinajstić information content (AvgIpc) is 2.55. The van der Waals surface area contributed by atoms with Crippen molar-refractivity contribution in [3.05, 3.63) is 0 Å². The number of hydrogen-bond acceptors (Lipinski definition) is 2. The Kier molecular flexibility index (Phi) is 2.14. The van der Waals surface area contributed by atoms with Crippen molar-refractivity contribution in [2.24, 2.45) is 11.8 Å². The lowest BCUT2D eigenvalue weighted by molar-refractivity contribution is 0.0923. The molecule has 2 rings (SSSR count). The number of rotatable bonds is 1. The fraction of sp³-hybridized carbons (Fsp3) is 1.00. The van der Waals surface area contributed by atoms with Gasteiger partial charge in [0.1, 0.15) is 0 Å². The molecular formula is C9H17NO. The van der Waals surface area contributed by atoms with Crippen LogP contribution < -0.4 is 5.32 Å². The Hall–Kier alpha value is -0.0800. The molecule has 3 unspecified atom stereocenters. The van der Waals surface area contributed by atoms with E-state index in [-0.39, 0.29) is 0 Å². The Labute approximate surface area is 68.3 Å². The second-order valence-corrected chi connectivity index (χ2v) is 3.78. The van der Waals surface area contributed by atoms with E-state index in [0.29, 0.717) is 6.10 Å². The molecule has 1 N–H and O–H groups in total. The highest BCUT2D eigenvalue weighted by molar-refractivity contribution is 4.84. The van der Waals surface area contributed by atoms with E-state index < -0.39 is 0 Å². The summed E-state index contributed by atoms with van der Waals surface area (Å²) < 4.78 is 5.55. The highest BCUT2D eigenvalue weighted by atomic mass is 16.5. The molecule has 2 heteroatoms.